The fraction of sp³-hybridized carbons (Fsp3) is 0.263. The van der Waals surface area contributed by atoms with Gasteiger partial charge in [-0.1, -0.05) is 30.3 Å². The number of aldehydes is 1. The van der Waals surface area contributed by atoms with Crippen LogP contribution in [0.2, 0.25) is 0 Å². The summed E-state index contributed by atoms with van der Waals surface area (Å²) in [5.41, 5.74) is 4.12. The van der Waals surface area contributed by atoms with E-state index in [1.54, 1.807) is 6.92 Å². The van der Waals surface area contributed by atoms with Crippen LogP contribution >= 0.6 is 0 Å². The minimum absolute atomic E-state index is 0.176. The van der Waals surface area contributed by atoms with Crippen molar-refractivity contribution in [3.05, 3.63) is 53.1 Å². The summed E-state index contributed by atoms with van der Waals surface area (Å²) in [7, 11) is 0. The first-order valence-corrected chi connectivity index (χ1v) is 7.51. The standard InChI is InChI=1S/C19H20O4/c1-4-22-19(21)12-23-18-10-16(15-8-6-5-7-9-15)13(2)17(11-20)14(18)3/h5-11H,4,12H2,1-3H3. The number of benzene rings is 2. The van der Waals surface area contributed by atoms with Gasteiger partial charge in [0.1, 0.15) is 5.75 Å². The van der Waals surface area contributed by atoms with Crippen LogP contribution in [-0.2, 0) is 9.53 Å². The molecule has 0 aliphatic heterocycles. The van der Waals surface area contributed by atoms with Gasteiger partial charge in [0.25, 0.3) is 0 Å². The van der Waals surface area contributed by atoms with Crippen molar-refractivity contribution in [1.82, 2.24) is 0 Å². The molecular formula is C19H20O4. The molecule has 0 saturated heterocycles. The molecular weight excluding hydrogens is 292 g/mol. The van der Waals surface area contributed by atoms with Gasteiger partial charge in [-0.05, 0) is 43.5 Å². The molecule has 0 aliphatic carbocycles. The van der Waals surface area contributed by atoms with Crippen molar-refractivity contribution >= 4 is 12.3 Å². The predicted octanol–water partition coefficient (Wildman–Crippen LogP) is 3.72. The van der Waals surface area contributed by atoms with E-state index in [1.807, 2.05) is 50.2 Å². The molecule has 0 unspecified atom stereocenters. The lowest BCUT2D eigenvalue weighted by Crippen LogP contribution is -2.15. The average molecular weight is 312 g/mol. The first-order valence-electron chi connectivity index (χ1n) is 7.51. The predicted molar refractivity (Wildman–Crippen MR) is 88.9 cm³/mol. The minimum atomic E-state index is -0.429. The molecule has 0 saturated carbocycles. The molecule has 2 aromatic carbocycles. The monoisotopic (exact) mass is 312 g/mol. The Bertz CT molecular complexity index is 705. The maximum atomic E-state index is 11.5. The lowest BCUT2D eigenvalue weighted by atomic mass is 9.93. The highest BCUT2D eigenvalue weighted by Crippen LogP contribution is 2.33. The Morgan fingerprint density at radius 3 is 2.43 bits per heavy atom. The molecule has 2 rings (SSSR count). The fourth-order valence-corrected chi connectivity index (χ4v) is 2.49. The summed E-state index contributed by atoms with van der Waals surface area (Å²) in [6.07, 6.45) is 0.828. The van der Waals surface area contributed by atoms with Crippen molar-refractivity contribution in [2.45, 2.75) is 20.8 Å². The lowest BCUT2D eigenvalue weighted by molar-refractivity contribution is -0.145. The summed E-state index contributed by atoms with van der Waals surface area (Å²) in [6.45, 7) is 5.60. The maximum Gasteiger partial charge on any atom is 0.344 e. The zero-order valence-corrected chi connectivity index (χ0v) is 13.6. The van der Waals surface area contributed by atoms with Crippen molar-refractivity contribution in [2.24, 2.45) is 0 Å². The number of ether oxygens (including phenoxy) is 2. The molecule has 0 aliphatic rings. The molecule has 0 fully saturated rings. The van der Waals surface area contributed by atoms with Crippen LogP contribution in [0, 0.1) is 13.8 Å². The zero-order valence-electron chi connectivity index (χ0n) is 13.6. The molecule has 120 valence electrons. The SMILES string of the molecule is CCOC(=O)COc1cc(-c2ccccc2)c(C)c(C=O)c1C. The highest BCUT2D eigenvalue weighted by atomic mass is 16.6. The van der Waals surface area contributed by atoms with Crippen LogP contribution in [-0.4, -0.2) is 25.5 Å². The third kappa shape index (κ3) is 3.77. The van der Waals surface area contributed by atoms with E-state index in [4.69, 9.17) is 9.47 Å². The van der Waals surface area contributed by atoms with Gasteiger partial charge in [-0.15, -0.1) is 0 Å². The second-order valence-electron chi connectivity index (χ2n) is 5.16. The summed E-state index contributed by atoms with van der Waals surface area (Å²) < 4.78 is 10.4. The third-order valence-electron chi connectivity index (χ3n) is 3.71. The van der Waals surface area contributed by atoms with Crippen molar-refractivity contribution in [3.8, 4) is 16.9 Å². The van der Waals surface area contributed by atoms with E-state index >= 15 is 0 Å². The average Bonchev–Trinajstić information content (AvgIpc) is 2.56. The van der Waals surface area contributed by atoms with E-state index in [-0.39, 0.29) is 6.61 Å². The highest BCUT2D eigenvalue weighted by molar-refractivity contribution is 5.86. The molecule has 4 heteroatoms. The van der Waals surface area contributed by atoms with Gasteiger partial charge < -0.3 is 9.47 Å². The van der Waals surface area contributed by atoms with Crippen LogP contribution < -0.4 is 4.74 Å². The topological polar surface area (TPSA) is 52.6 Å². The smallest absolute Gasteiger partial charge is 0.344 e. The number of esters is 1. The van der Waals surface area contributed by atoms with Crippen molar-refractivity contribution < 1.29 is 19.1 Å². The Kier molecular flexibility index (Phi) is 5.52. The van der Waals surface area contributed by atoms with Gasteiger partial charge in [0.15, 0.2) is 12.9 Å². The first kappa shape index (κ1) is 16.7. The fourth-order valence-electron chi connectivity index (χ4n) is 2.49. The van der Waals surface area contributed by atoms with E-state index in [2.05, 4.69) is 0 Å². The summed E-state index contributed by atoms with van der Waals surface area (Å²) in [5.74, 6) is 0.0889. The quantitative estimate of drug-likeness (QED) is 0.602. The Labute approximate surface area is 136 Å². The van der Waals surface area contributed by atoms with Crippen molar-refractivity contribution in [1.29, 1.82) is 0 Å². The second-order valence-corrected chi connectivity index (χ2v) is 5.16. The van der Waals surface area contributed by atoms with Crippen LogP contribution in [0.5, 0.6) is 5.75 Å². The Morgan fingerprint density at radius 1 is 1.13 bits per heavy atom. The Morgan fingerprint density at radius 2 is 1.83 bits per heavy atom. The Hall–Kier alpha value is -2.62. The van der Waals surface area contributed by atoms with E-state index < -0.39 is 5.97 Å². The van der Waals surface area contributed by atoms with Crippen molar-refractivity contribution in [3.63, 3.8) is 0 Å². The van der Waals surface area contributed by atoms with Gasteiger partial charge in [-0.25, -0.2) is 4.79 Å². The molecule has 0 heterocycles. The van der Waals surface area contributed by atoms with E-state index in [0.717, 1.165) is 28.5 Å². The highest BCUT2D eigenvalue weighted by Gasteiger charge is 2.15. The molecule has 2 aromatic rings. The van der Waals surface area contributed by atoms with Crippen LogP contribution in [0.1, 0.15) is 28.4 Å². The largest absolute Gasteiger partial charge is 0.482 e. The minimum Gasteiger partial charge on any atom is -0.482 e. The van der Waals surface area contributed by atoms with Gasteiger partial charge in [0, 0.05) is 11.1 Å². The van der Waals surface area contributed by atoms with Gasteiger partial charge in [0.2, 0.25) is 0 Å². The number of rotatable bonds is 6. The number of carbonyl (C=O) groups is 2. The first-order chi connectivity index (χ1) is 11.1. The molecule has 4 nitrogen and oxygen atoms in total. The summed E-state index contributed by atoms with van der Waals surface area (Å²) in [6, 6.07) is 11.6. The van der Waals surface area contributed by atoms with Gasteiger partial charge >= 0.3 is 5.97 Å². The molecule has 0 aromatic heterocycles. The van der Waals surface area contributed by atoms with Crippen LogP contribution in [0.3, 0.4) is 0 Å². The van der Waals surface area contributed by atoms with Crippen LogP contribution in [0.25, 0.3) is 11.1 Å². The van der Waals surface area contributed by atoms with Crippen LogP contribution in [0.4, 0.5) is 0 Å². The normalized spacial score (nSPS) is 10.2. The summed E-state index contributed by atoms with van der Waals surface area (Å²) in [4.78, 5) is 23.0. The number of hydrogen-bond acceptors (Lipinski definition) is 4. The maximum absolute atomic E-state index is 11.5. The van der Waals surface area contributed by atoms with Gasteiger partial charge in [0.05, 0.1) is 6.61 Å². The molecule has 0 spiro atoms. The van der Waals surface area contributed by atoms with Crippen molar-refractivity contribution in [2.75, 3.05) is 13.2 Å². The zero-order chi connectivity index (χ0) is 16.8. The van der Waals surface area contributed by atoms with Gasteiger partial charge in [-0.3, -0.25) is 4.79 Å². The van der Waals surface area contributed by atoms with E-state index in [0.29, 0.717) is 17.9 Å². The molecule has 0 atom stereocenters. The van der Waals surface area contributed by atoms with Gasteiger partial charge in [-0.2, -0.15) is 0 Å². The molecule has 0 N–H and O–H groups in total. The van der Waals surface area contributed by atoms with E-state index in [9.17, 15) is 9.59 Å². The lowest BCUT2D eigenvalue weighted by Gasteiger charge is -2.16. The summed E-state index contributed by atoms with van der Waals surface area (Å²) in [5, 5.41) is 0. The van der Waals surface area contributed by atoms with E-state index in [1.165, 1.54) is 0 Å². The number of carbonyl (C=O) groups excluding carboxylic acids is 2. The Balaban J connectivity index is 2.43. The second kappa shape index (κ2) is 7.58. The molecule has 0 radical (unpaired) electrons. The molecule has 0 amide bonds. The molecule has 23 heavy (non-hydrogen) atoms. The number of hydrogen-bond donors (Lipinski definition) is 0. The molecule has 0 bridgehead atoms. The summed E-state index contributed by atoms with van der Waals surface area (Å²) >= 11 is 0. The third-order valence-corrected chi connectivity index (χ3v) is 3.71. The van der Waals surface area contributed by atoms with Crippen LogP contribution in [0.15, 0.2) is 36.4 Å².